The molecular formula is C9H14N2O2. The second-order valence-electron chi connectivity index (χ2n) is 3.44. The van der Waals surface area contributed by atoms with Crippen LogP contribution in [0.25, 0.3) is 0 Å². The number of rotatable bonds is 2. The van der Waals surface area contributed by atoms with Gasteiger partial charge in [-0.1, -0.05) is 13.8 Å². The van der Waals surface area contributed by atoms with E-state index in [9.17, 15) is 4.79 Å². The quantitative estimate of drug-likeness (QED) is 0.633. The number of amides is 1. The number of ether oxygens (including phenoxy) is 1. The van der Waals surface area contributed by atoms with E-state index in [0.717, 1.165) is 12.8 Å². The summed E-state index contributed by atoms with van der Waals surface area (Å²) in [6.45, 7) is 5.24. The standard InChI is InChI=1S/C9H14N2O2/c1-3-9(4-2)7(12)11-5-6-13-8(11)10-9/h3-6H2,1-2H3. The van der Waals surface area contributed by atoms with Crippen LogP contribution in [0.5, 0.6) is 0 Å². The molecule has 2 rings (SSSR count). The summed E-state index contributed by atoms with van der Waals surface area (Å²) in [5.74, 6) is 0.116. The van der Waals surface area contributed by atoms with Crippen molar-refractivity contribution in [1.29, 1.82) is 0 Å². The number of aliphatic imine (C=N–C) groups is 1. The minimum absolute atomic E-state index is 0.116. The van der Waals surface area contributed by atoms with Gasteiger partial charge in [0.25, 0.3) is 11.9 Å². The van der Waals surface area contributed by atoms with Gasteiger partial charge in [0.05, 0.1) is 6.54 Å². The number of fused-ring (bicyclic) bond motifs is 1. The van der Waals surface area contributed by atoms with E-state index in [0.29, 0.717) is 19.2 Å². The molecule has 2 heterocycles. The van der Waals surface area contributed by atoms with Crippen molar-refractivity contribution in [2.75, 3.05) is 13.2 Å². The van der Waals surface area contributed by atoms with Gasteiger partial charge in [-0.25, -0.2) is 4.99 Å². The summed E-state index contributed by atoms with van der Waals surface area (Å²) < 4.78 is 5.26. The van der Waals surface area contributed by atoms with E-state index < -0.39 is 5.54 Å². The summed E-state index contributed by atoms with van der Waals surface area (Å²) in [6, 6.07) is 0.536. The summed E-state index contributed by atoms with van der Waals surface area (Å²) in [4.78, 5) is 17.9. The number of carbonyl (C=O) groups is 1. The average molecular weight is 182 g/mol. The van der Waals surface area contributed by atoms with Crippen LogP contribution in [0.4, 0.5) is 0 Å². The maximum absolute atomic E-state index is 11.9. The Morgan fingerprint density at radius 2 is 2.23 bits per heavy atom. The molecule has 4 heteroatoms. The molecule has 0 unspecified atom stereocenters. The lowest BCUT2D eigenvalue weighted by molar-refractivity contribution is -0.131. The van der Waals surface area contributed by atoms with Crippen molar-refractivity contribution in [3.8, 4) is 0 Å². The highest BCUT2D eigenvalue weighted by molar-refractivity contribution is 6.05. The molecule has 4 nitrogen and oxygen atoms in total. The van der Waals surface area contributed by atoms with E-state index in [-0.39, 0.29) is 5.91 Å². The van der Waals surface area contributed by atoms with Crippen LogP contribution in [0.1, 0.15) is 26.7 Å². The zero-order valence-corrected chi connectivity index (χ0v) is 8.04. The maximum atomic E-state index is 11.9. The summed E-state index contributed by atoms with van der Waals surface area (Å²) in [6.07, 6.45) is 1.51. The number of carbonyl (C=O) groups excluding carboxylic acids is 1. The fourth-order valence-electron chi connectivity index (χ4n) is 1.88. The maximum Gasteiger partial charge on any atom is 0.295 e. The Balaban J connectivity index is 2.34. The van der Waals surface area contributed by atoms with Gasteiger partial charge in [0.1, 0.15) is 12.1 Å². The Morgan fingerprint density at radius 3 is 2.77 bits per heavy atom. The van der Waals surface area contributed by atoms with Crippen molar-refractivity contribution in [2.45, 2.75) is 32.2 Å². The van der Waals surface area contributed by atoms with Gasteiger partial charge < -0.3 is 4.74 Å². The highest BCUT2D eigenvalue weighted by Crippen LogP contribution is 2.31. The van der Waals surface area contributed by atoms with E-state index in [1.165, 1.54) is 0 Å². The van der Waals surface area contributed by atoms with Gasteiger partial charge in [-0.2, -0.15) is 0 Å². The van der Waals surface area contributed by atoms with Crippen molar-refractivity contribution in [2.24, 2.45) is 4.99 Å². The fourth-order valence-corrected chi connectivity index (χ4v) is 1.88. The molecule has 0 bridgehead atoms. The first kappa shape index (κ1) is 8.53. The van der Waals surface area contributed by atoms with Crippen molar-refractivity contribution in [3.63, 3.8) is 0 Å². The van der Waals surface area contributed by atoms with Gasteiger partial charge in [0.15, 0.2) is 0 Å². The van der Waals surface area contributed by atoms with E-state index >= 15 is 0 Å². The molecule has 2 aliphatic rings. The van der Waals surface area contributed by atoms with Gasteiger partial charge in [0.2, 0.25) is 0 Å². The molecule has 0 radical (unpaired) electrons. The van der Waals surface area contributed by atoms with Gasteiger partial charge in [-0.15, -0.1) is 0 Å². The molecule has 0 saturated carbocycles. The SMILES string of the molecule is CCC1(CC)N=C2OCCN2C1=O. The van der Waals surface area contributed by atoms with E-state index in [1.54, 1.807) is 4.90 Å². The Morgan fingerprint density at radius 1 is 1.54 bits per heavy atom. The molecule has 72 valence electrons. The molecule has 0 aromatic heterocycles. The van der Waals surface area contributed by atoms with E-state index in [4.69, 9.17) is 4.74 Å². The smallest absolute Gasteiger partial charge is 0.295 e. The van der Waals surface area contributed by atoms with Crippen LogP contribution in [-0.2, 0) is 9.53 Å². The molecule has 0 aromatic rings. The van der Waals surface area contributed by atoms with Crippen LogP contribution in [0, 0.1) is 0 Å². The van der Waals surface area contributed by atoms with Crippen LogP contribution < -0.4 is 0 Å². The average Bonchev–Trinajstić information content (AvgIpc) is 2.68. The third kappa shape index (κ3) is 0.975. The molecule has 2 aliphatic heterocycles. The van der Waals surface area contributed by atoms with Crippen molar-refractivity contribution >= 4 is 11.9 Å². The fraction of sp³-hybridized carbons (Fsp3) is 0.778. The second kappa shape index (κ2) is 2.72. The largest absolute Gasteiger partial charge is 0.463 e. The zero-order valence-electron chi connectivity index (χ0n) is 8.04. The monoisotopic (exact) mass is 182 g/mol. The first-order valence-electron chi connectivity index (χ1n) is 4.78. The molecule has 1 amide bonds. The van der Waals surface area contributed by atoms with Gasteiger partial charge in [-0.05, 0) is 12.8 Å². The second-order valence-corrected chi connectivity index (χ2v) is 3.44. The molecule has 13 heavy (non-hydrogen) atoms. The molecule has 0 atom stereocenters. The third-order valence-corrected chi connectivity index (χ3v) is 2.90. The van der Waals surface area contributed by atoms with Crippen LogP contribution in [0.2, 0.25) is 0 Å². The van der Waals surface area contributed by atoms with E-state index in [1.807, 2.05) is 13.8 Å². The van der Waals surface area contributed by atoms with Crippen molar-refractivity contribution in [1.82, 2.24) is 4.90 Å². The number of hydrogen-bond donors (Lipinski definition) is 0. The Kier molecular flexibility index (Phi) is 1.78. The van der Waals surface area contributed by atoms with Crippen LogP contribution >= 0.6 is 0 Å². The Labute approximate surface area is 77.6 Å². The highest BCUT2D eigenvalue weighted by atomic mass is 16.5. The molecule has 0 aliphatic carbocycles. The predicted molar refractivity (Wildman–Crippen MR) is 48.4 cm³/mol. The summed E-state index contributed by atoms with van der Waals surface area (Å²) in [7, 11) is 0. The molecule has 1 saturated heterocycles. The first-order valence-corrected chi connectivity index (χ1v) is 4.78. The normalized spacial score (nSPS) is 24.3. The molecule has 0 spiro atoms. The number of amidine groups is 1. The Hall–Kier alpha value is -1.06. The van der Waals surface area contributed by atoms with Gasteiger partial charge in [-0.3, -0.25) is 9.69 Å². The summed E-state index contributed by atoms with van der Waals surface area (Å²) in [5.41, 5.74) is -0.518. The topological polar surface area (TPSA) is 41.9 Å². The van der Waals surface area contributed by atoms with Crippen LogP contribution in [-0.4, -0.2) is 35.5 Å². The lowest BCUT2D eigenvalue weighted by atomic mass is 9.93. The molecule has 0 N–H and O–H groups in total. The van der Waals surface area contributed by atoms with E-state index in [2.05, 4.69) is 4.99 Å². The molecule has 1 fully saturated rings. The van der Waals surface area contributed by atoms with Crippen molar-refractivity contribution in [3.05, 3.63) is 0 Å². The zero-order chi connectivity index (χ0) is 9.47. The number of nitrogens with zero attached hydrogens (tertiary/aromatic N) is 2. The van der Waals surface area contributed by atoms with Gasteiger partial charge in [0, 0.05) is 0 Å². The van der Waals surface area contributed by atoms with Crippen LogP contribution in [0.15, 0.2) is 4.99 Å². The van der Waals surface area contributed by atoms with Crippen LogP contribution in [0.3, 0.4) is 0 Å². The lowest BCUT2D eigenvalue weighted by Gasteiger charge is -2.21. The summed E-state index contributed by atoms with van der Waals surface area (Å²) >= 11 is 0. The summed E-state index contributed by atoms with van der Waals surface area (Å²) in [5, 5.41) is 0. The highest BCUT2D eigenvalue weighted by Gasteiger charge is 2.48. The molecular weight excluding hydrogens is 168 g/mol. The first-order chi connectivity index (χ1) is 6.23. The minimum Gasteiger partial charge on any atom is -0.463 e. The predicted octanol–water partition coefficient (Wildman–Crippen LogP) is 0.774. The van der Waals surface area contributed by atoms with Crippen molar-refractivity contribution < 1.29 is 9.53 Å². The van der Waals surface area contributed by atoms with Gasteiger partial charge >= 0.3 is 0 Å². The Bertz CT molecular complexity index is 269. The molecule has 0 aromatic carbocycles. The lowest BCUT2D eigenvalue weighted by Crippen LogP contribution is -2.40. The minimum atomic E-state index is -0.518. The number of hydrogen-bond acceptors (Lipinski definition) is 3. The third-order valence-electron chi connectivity index (χ3n) is 2.90.